The second-order valence-electron chi connectivity index (χ2n) is 7.31. The fourth-order valence-corrected chi connectivity index (χ4v) is 2.63. The molecule has 7 heteroatoms. The number of nitrogens with zero attached hydrogens (tertiary/aromatic N) is 1. The molecule has 150 valence electrons. The van der Waals surface area contributed by atoms with Gasteiger partial charge in [-0.2, -0.15) is 0 Å². The van der Waals surface area contributed by atoms with E-state index in [-0.39, 0.29) is 6.04 Å². The first kappa shape index (κ1) is 21.5. The quantitative estimate of drug-likeness (QED) is 0.581. The fourth-order valence-electron chi connectivity index (χ4n) is 2.63. The summed E-state index contributed by atoms with van der Waals surface area (Å²) >= 11 is 0. The summed E-state index contributed by atoms with van der Waals surface area (Å²) in [6, 6.07) is 10.7. The first-order valence-electron chi connectivity index (χ1n) is 8.85. The standard InChI is InChI=1S/C21H23F3N2O2/c1-13(2)26(12-14-8-6-5-7-9-14)20(28)21(3,4)19(27)25-16-11-10-15(22)17(23)18(16)24/h5-11,13H,12H2,1-4H3,(H,25,27). The number of anilines is 1. The van der Waals surface area contributed by atoms with Crippen LogP contribution in [0.25, 0.3) is 0 Å². The maximum absolute atomic E-state index is 13.9. The van der Waals surface area contributed by atoms with Crippen molar-refractivity contribution in [1.82, 2.24) is 4.90 Å². The number of benzene rings is 2. The molecule has 2 aromatic carbocycles. The molecule has 0 heterocycles. The summed E-state index contributed by atoms with van der Waals surface area (Å²) < 4.78 is 40.3. The average Bonchev–Trinajstić information content (AvgIpc) is 2.66. The van der Waals surface area contributed by atoms with Gasteiger partial charge in [-0.05, 0) is 45.4 Å². The van der Waals surface area contributed by atoms with Gasteiger partial charge in [0.15, 0.2) is 17.5 Å². The number of hydrogen-bond donors (Lipinski definition) is 1. The number of amides is 2. The van der Waals surface area contributed by atoms with E-state index in [0.29, 0.717) is 12.6 Å². The molecule has 2 aromatic rings. The maximum Gasteiger partial charge on any atom is 0.239 e. The summed E-state index contributed by atoms with van der Waals surface area (Å²) in [5, 5.41) is 2.19. The zero-order valence-corrected chi connectivity index (χ0v) is 16.2. The molecule has 0 atom stereocenters. The zero-order chi connectivity index (χ0) is 21.1. The predicted molar refractivity (Wildman–Crippen MR) is 101 cm³/mol. The van der Waals surface area contributed by atoms with Gasteiger partial charge < -0.3 is 10.2 Å². The molecule has 4 nitrogen and oxygen atoms in total. The second kappa shape index (κ2) is 8.46. The predicted octanol–water partition coefficient (Wildman–Crippen LogP) is 4.51. The molecule has 0 aliphatic heterocycles. The van der Waals surface area contributed by atoms with E-state index in [4.69, 9.17) is 0 Å². The Labute approximate surface area is 162 Å². The Hall–Kier alpha value is -2.83. The summed E-state index contributed by atoms with van der Waals surface area (Å²) in [7, 11) is 0. The van der Waals surface area contributed by atoms with Gasteiger partial charge >= 0.3 is 0 Å². The van der Waals surface area contributed by atoms with Crippen LogP contribution in [0.2, 0.25) is 0 Å². The van der Waals surface area contributed by atoms with Gasteiger partial charge in [-0.3, -0.25) is 9.59 Å². The number of halogens is 3. The molecule has 2 amide bonds. The molecule has 0 radical (unpaired) electrons. The van der Waals surface area contributed by atoms with Gasteiger partial charge in [-0.15, -0.1) is 0 Å². The Balaban J connectivity index is 2.23. The molecule has 2 rings (SSSR count). The lowest BCUT2D eigenvalue weighted by molar-refractivity contribution is -0.148. The fraction of sp³-hybridized carbons (Fsp3) is 0.333. The summed E-state index contributed by atoms with van der Waals surface area (Å²) in [6.45, 7) is 6.76. The molecular formula is C21H23F3N2O2. The Morgan fingerprint density at radius 2 is 1.61 bits per heavy atom. The summed E-state index contributed by atoms with van der Waals surface area (Å²) in [5.74, 6) is -5.84. The van der Waals surface area contributed by atoms with Crippen LogP contribution in [-0.4, -0.2) is 22.8 Å². The van der Waals surface area contributed by atoms with Crippen LogP contribution in [0.15, 0.2) is 42.5 Å². The molecule has 0 aromatic heterocycles. The van der Waals surface area contributed by atoms with Crippen LogP contribution >= 0.6 is 0 Å². The van der Waals surface area contributed by atoms with Crippen molar-refractivity contribution in [2.24, 2.45) is 5.41 Å². The van der Waals surface area contributed by atoms with Crippen LogP contribution in [0.1, 0.15) is 33.3 Å². The topological polar surface area (TPSA) is 49.4 Å². The lowest BCUT2D eigenvalue weighted by Gasteiger charge is -2.34. The van der Waals surface area contributed by atoms with E-state index in [9.17, 15) is 22.8 Å². The highest BCUT2D eigenvalue weighted by Gasteiger charge is 2.40. The third-order valence-electron chi connectivity index (χ3n) is 4.47. The third kappa shape index (κ3) is 4.52. The highest BCUT2D eigenvalue weighted by molar-refractivity contribution is 6.09. The van der Waals surface area contributed by atoms with Gasteiger partial charge in [-0.1, -0.05) is 30.3 Å². The van der Waals surface area contributed by atoms with E-state index < -0.39 is 40.4 Å². The van der Waals surface area contributed by atoms with Crippen LogP contribution in [-0.2, 0) is 16.1 Å². The first-order valence-corrected chi connectivity index (χ1v) is 8.85. The van der Waals surface area contributed by atoms with E-state index in [2.05, 4.69) is 5.32 Å². The highest BCUT2D eigenvalue weighted by atomic mass is 19.2. The summed E-state index contributed by atoms with van der Waals surface area (Å²) in [4.78, 5) is 27.3. The molecule has 0 aliphatic carbocycles. The molecule has 1 N–H and O–H groups in total. The molecule has 0 saturated carbocycles. The number of carbonyl (C=O) groups excluding carboxylic acids is 2. The van der Waals surface area contributed by atoms with E-state index in [1.165, 1.54) is 18.7 Å². The molecule has 0 saturated heterocycles. The van der Waals surface area contributed by atoms with Crippen molar-refractivity contribution < 1.29 is 22.8 Å². The normalized spacial score (nSPS) is 11.4. The Kier molecular flexibility index (Phi) is 6.48. The molecule has 0 aliphatic rings. The Morgan fingerprint density at radius 1 is 1.00 bits per heavy atom. The van der Waals surface area contributed by atoms with Crippen molar-refractivity contribution in [3.05, 3.63) is 65.5 Å². The third-order valence-corrected chi connectivity index (χ3v) is 4.47. The minimum Gasteiger partial charge on any atom is -0.335 e. The number of rotatable bonds is 6. The first-order chi connectivity index (χ1) is 13.1. The van der Waals surface area contributed by atoms with Crippen LogP contribution in [0.5, 0.6) is 0 Å². The van der Waals surface area contributed by atoms with Crippen LogP contribution in [0, 0.1) is 22.9 Å². The van der Waals surface area contributed by atoms with Crippen LogP contribution < -0.4 is 5.32 Å². The Bertz CT molecular complexity index is 867. The zero-order valence-electron chi connectivity index (χ0n) is 16.2. The van der Waals surface area contributed by atoms with E-state index in [1.807, 2.05) is 44.2 Å². The lowest BCUT2D eigenvalue weighted by atomic mass is 9.89. The minimum absolute atomic E-state index is 0.195. The summed E-state index contributed by atoms with van der Waals surface area (Å²) in [5.41, 5.74) is -1.19. The lowest BCUT2D eigenvalue weighted by Crippen LogP contribution is -2.49. The van der Waals surface area contributed by atoms with Gasteiger partial charge in [0, 0.05) is 12.6 Å². The van der Waals surface area contributed by atoms with Crippen molar-refractivity contribution in [1.29, 1.82) is 0 Å². The van der Waals surface area contributed by atoms with Crippen LogP contribution in [0.3, 0.4) is 0 Å². The second-order valence-corrected chi connectivity index (χ2v) is 7.31. The summed E-state index contributed by atoms with van der Waals surface area (Å²) in [6.07, 6.45) is 0. The average molecular weight is 392 g/mol. The largest absolute Gasteiger partial charge is 0.335 e. The van der Waals surface area contributed by atoms with Crippen molar-refractivity contribution in [2.45, 2.75) is 40.3 Å². The number of carbonyl (C=O) groups is 2. The molecule has 0 unspecified atom stereocenters. The molecule has 28 heavy (non-hydrogen) atoms. The van der Waals surface area contributed by atoms with Crippen molar-refractivity contribution >= 4 is 17.5 Å². The number of hydrogen-bond acceptors (Lipinski definition) is 2. The smallest absolute Gasteiger partial charge is 0.239 e. The van der Waals surface area contributed by atoms with Crippen molar-refractivity contribution in [2.75, 3.05) is 5.32 Å². The molecular weight excluding hydrogens is 369 g/mol. The monoisotopic (exact) mass is 392 g/mol. The maximum atomic E-state index is 13.9. The van der Waals surface area contributed by atoms with Gasteiger partial charge in [-0.25, -0.2) is 13.2 Å². The van der Waals surface area contributed by atoms with E-state index in [0.717, 1.165) is 11.6 Å². The Morgan fingerprint density at radius 3 is 2.18 bits per heavy atom. The van der Waals surface area contributed by atoms with Crippen molar-refractivity contribution in [3.8, 4) is 0 Å². The van der Waals surface area contributed by atoms with Gasteiger partial charge in [0.1, 0.15) is 5.41 Å². The van der Waals surface area contributed by atoms with Crippen LogP contribution in [0.4, 0.5) is 18.9 Å². The van der Waals surface area contributed by atoms with E-state index >= 15 is 0 Å². The van der Waals surface area contributed by atoms with E-state index in [1.54, 1.807) is 0 Å². The molecule has 0 bridgehead atoms. The van der Waals surface area contributed by atoms with Gasteiger partial charge in [0.25, 0.3) is 0 Å². The molecule has 0 spiro atoms. The highest BCUT2D eigenvalue weighted by Crippen LogP contribution is 2.26. The number of nitrogens with one attached hydrogen (secondary N) is 1. The van der Waals surface area contributed by atoms with Gasteiger partial charge in [0.05, 0.1) is 5.69 Å². The molecule has 0 fully saturated rings. The minimum atomic E-state index is -1.69. The van der Waals surface area contributed by atoms with Gasteiger partial charge in [0.2, 0.25) is 11.8 Å². The SMILES string of the molecule is CC(C)N(Cc1ccccc1)C(=O)C(C)(C)C(=O)Nc1ccc(F)c(F)c1F. The van der Waals surface area contributed by atoms with Crippen molar-refractivity contribution in [3.63, 3.8) is 0 Å².